The summed E-state index contributed by atoms with van der Waals surface area (Å²) in [5.41, 5.74) is 1.04. The number of imide groups is 1. The number of hydrogen-bond acceptors (Lipinski definition) is 7. The molecule has 130 valence electrons. The van der Waals surface area contributed by atoms with E-state index in [1.165, 1.54) is 17.6 Å². The summed E-state index contributed by atoms with van der Waals surface area (Å²) < 4.78 is 10.5. The Kier molecular flexibility index (Phi) is 4.10. The fourth-order valence-corrected chi connectivity index (χ4v) is 3.25. The first kappa shape index (κ1) is 16.2. The highest BCUT2D eigenvalue weighted by molar-refractivity contribution is 7.13. The maximum absolute atomic E-state index is 12.2. The molecule has 0 atom stereocenters. The summed E-state index contributed by atoms with van der Waals surface area (Å²) in [6.07, 6.45) is 1.41. The lowest BCUT2D eigenvalue weighted by molar-refractivity contribution is -0.145. The summed E-state index contributed by atoms with van der Waals surface area (Å²) in [5, 5.41) is 1.90. The smallest absolute Gasteiger partial charge is 0.326 e. The van der Waals surface area contributed by atoms with Crippen molar-refractivity contribution in [2.45, 2.75) is 6.61 Å². The van der Waals surface area contributed by atoms with Crippen LogP contribution in [0, 0.1) is 0 Å². The molecule has 0 saturated carbocycles. The SMILES string of the molecule is O=C(CN1C(=O)c2ccccc2C1=O)OCc1coc(-c2cccs2)n1. The number of benzene rings is 1. The summed E-state index contributed by atoms with van der Waals surface area (Å²) >= 11 is 1.48. The van der Waals surface area contributed by atoms with Crippen LogP contribution in [0.5, 0.6) is 0 Å². The lowest BCUT2D eigenvalue weighted by atomic mass is 10.1. The molecule has 8 heteroatoms. The normalized spacial score (nSPS) is 13.2. The van der Waals surface area contributed by atoms with Gasteiger partial charge in [0.1, 0.15) is 25.1 Å². The van der Waals surface area contributed by atoms with Gasteiger partial charge in [-0.3, -0.25) is 19.3 Å². The van der Waals surface area contributed by atoms with Crippen molar-refractivity contribution in [1.29, 1.82) is 0 Å². The van der Waals surface area contributed by atoms with Crippen LogP contribution >= 0.6 is 11.3 Å². The molecule has 26 heavy (non-hydrogen) atoms. The number of rotatable bonds is 5. The molecule has 0 fully saturated rings. The Morgan fingerprint density at radius 3 is 2.50 bits per heavy atom. The number of carbonyl (C=O) groups excluding carboxylic acids is 3. The summed E-state index contributed by atoms with van der Waals surface area (Å²) in [7, 11) is 0. The predicted octanol–water partition coefficient (Wildman–Crippen LogP) is 2.74. The summed E-state index contributed by atoms with van der Waals surface area (Å²) in [6, 6.07) is 10.2. The minimum absolute atomic E-state index is 0.100. The Labute approximate surface area is 151 Å². The highest BCUT2D eigenvalue weighted by atomic mass is 32.1. The third kappa shape index (κ3) is 2.91. The quantitative estimate of drug-likeness (QED) is 0.508. The van der Waals surface area contributed by atoms with E-state index >= 15 is 0 Å². The Morgan fingerprint density at radius 2 is 1.85 bits per heavy atom. The first-order valence-electron chi connectivity index (χ1n) is 7.72. The molecular formula is C18H12N2O5S. The molecule has 0 bridgehead atoms. The van der Waals surface area contributed by atoms with Gasteiger partial charge < -0.3 is 9.15 Å². The van der Waals surface area contributed by atoms with E-state index in [4.69, 9.17) is 9.15 Å². The molecule has 0 unspecified atom stereocenters. The molecule has 0 radical (unpaired) electrons. The first-order chi connectivity index (χ1) is 12.6. The Balaban J connectivity index is 1.37. The molecule has 3 aromatic rings. The van der Waals surface area contributed by atoms with Crippen molar-refractivity contribution >= 4 is 29.1 Å². The van der Waals surface area contributed by atoms with Crippen molar-refractivity contribution in [3.05, 3.63) is 64.9 Å². The van der Waals surface area contributed by atoms with Crippen LogP contribution in [-0.4, -0.2) is 34.2 Å². The van der Waals surface area contributed by atoms with Gasteiger partial charge in [0.05, 0.1) is 16.0 Å². The number of nitrogens with zero attached hydrogens (tertiary/aromatic N) is 2. The van der Waals surface area contributed by atoms with Crippen molar-refractivity contribution in [3.63, 3.8) is 0 Å². The van der Waals surface area contributed by atoms with Gasteiger partial charge in [0.2, 0.25) is 5.89 Å². The second-order valence-corrected chi connectivity index (χ2v) is 6.47. The summed E-state index contributed by atoms with van der Waals surface area (Å²) in [6.45, 7) is -0.543. The van der Waals surface area contributed by atoms with Crippen molar-refractivity contribution < 1.29 is 23.5 Å². The van der Waals surface area contributed by atoms with Crippen molar-refractivity contribution in [2.24, 2.45) is 0 Å². The number of carbonyl (C=O) groups is 3. The number of hydrogen-bond donors (Lipinski definition) is 0. The topological polar surface area (TPSA) is 89.7 Å². The van der Waals surface area contributed by atoms with E-state index in [9.17, 15) is 14.4 Å². The average molecular weight is 368 g/mol. The summed E-state index contributed by atoms with van der Waals surface area (Å²) in [4.78, 5) is 42.5. The second kappa shape index (κ2) is 6.57. The highest BCUT2D eigenvalue weighted by Crippen LogP contribution is 2.24. The van der Waals surface area contributed by atoms with Crippen LogP contribution in [0.2, 0.25) is 0 Å². The summed E-state index contributed by atoms with van der Waals surface area (Å²) in [5.74, 6) is -1.24. The number of aromatic nitrogens is 1. The van der Waals surface area contributed by atoms with E-state index in [0.717, 1.165) is 9.78 Å². The van der Waals surface area contributed by atoms with Crippen LogP contribution < -0.4 is 0 Å². The van der Waals surface area contributed by atoms with E-state index in [2.05, 4.69) is 4.98 Å². The molecule has 0 N–H and O–H groups in total. The zero-order valence-electron chi connectivity index (χ0n) is 13.4. The molecule has 1 aliphatic heterocycles. The number of oxazole rings is 1. The van der Waals surface area contributed by atoms with Gasteiger partial charge in [-0.05, 0) is 23.6 Å². The highest BCUT2D eigenvalue weighted by Gasteiger charge is 2.36. The predicted molar refractivity (Wildman–Crippen MR) is 91.4 cm³/mol. The molecular weight excluding hydrogens is 356 g/mol. The van der Waals surface area contributed by atoms with Crippen LogP contribution in [0.25, 0.3) is 10.8 Å². The Hall–Kier alpha value is -3.26. The van der Waals surface area contributed by atoms with Crippen LogP contribution in [0.4, 0.5) is 0 Å². The standard InChI is InChI=1S/C18H12N2O5S/c21-15(8-20-17(22)12-4-1-2-5-13(12)18(20)23)24-9-11-10-25-16(19-11)14-6-3-7-26-14/h1-7,10H,8-9H2. The molecule has 1 aliphatic rings. The number of amides is 2. The maximum Gasteiger partial charge on any atom is 0.326 e. The van der Waals surface area contributed by atoms with Gasteiger partial charge >= 0.3 is 5.97 Å². The molecule has 1 aromatic carbocycles. The molecule has 2 amide bonds. The van der Waals surface area contributed by atoms with E-state index in [1.807, 2.05) is 17.5 Å². The average Bonchev–Trinajstić information content (AvgIpc) is 3.38. The monoisotopic (exact) mass is 368 g/mol. The third-order valence-electron chi connectivity index (χ3n) is 3.83. The van der Waals surface area contributed by atoms with Gasteiger partial charge in [0, 0.05) is 0 Å². The molecule has 0 spiro atoms. The first-order valence-corrected chi connectivity index (χ1v) is 8.60. The zero-order chi connectivity index (χ0) is 18.1. The molecule has 7 nitrogen and oxygen atoms in total. The van der Waals surface area contributed by atoms with Gasteiger partial charge in [0.25, 0.3) is 11.8 Å². The van der Waals surface area contributed by atoms with Crippen LogP contribution in [0.15, 0.2) is 52.5 Å². The third-order valence-corrected chi connectivity index (χ3v) is 4.69. The zero-order valence-corrected chi connectivity index (χ0v) is 14.2. The second-order valence-electron chi connectivity index (χ2n) is 5.52. The van der Waals surface area contributed by atoms with Gasteiger partial charge in [-0.2, -0.15) is 0 Å². The molecule has 3 heterocycles. The fourth-order valence-electron chi connectivity index (χ4n) is 2.60. The molecule has 2 aromatic heterocycles. The van der Waals surface area contributed by atoms with E-state index in [1.54, 1.807) is 24.3 Å². The number of ether oxygens (including phenoxy) is 1. The van der Waals surface area contributed by atoms with E-state index in [0.29, 0.717) is 22.7 Å². The molecule has 0 saturated heterocycles. The number of esters is 1. The Morgan fingerprint density at radius 1 is 1.12 bits per heavy atom. The Bertz CT molecular complexity index is 958. The maximum atomic E-state index is 12.2. The number of thiophene rings is 1. The van der Waals surface area contributed by atoms with Gasteiger partial charge in [0.15, 0.2) is 0 Å². The minimum Gasteiger partial charge on any atom is -0.458 e. The van der Waals surface area contributed by atoms with Crippen LogP contribution in [0.3, 0.4) is 0 Å². The van der Waals surface area contributed by atoms with Gasteiger partial charge in [-0.15, -0.1) is 11.3 Å². The lowest BCUT2D eigenvalue weighted by Crippen LogP contribution is -2.35. The van der Waals surface area contributed by atoms with Crippen LogP contribution in [-0.2, 0) is 16.1 Å². The number of fused-ring (bicyclic) bond motifs is 1. The van der Waals surface area contributed by atoms with Crippen molar-refractivity contribution in [3.8, 4) is 10.8 Å². The van der Waals surface area contributed by atoms with Gasteiger partial charge in [-0.1, -0.05) is 18.2 Å². The van der Waals surface area contributed by atoms with Gasteiger partial charge in [-0.25, -0.2) is 4.98 Å². The minimum atomic E-state index is -0.694. The van der Waals surface area contributed by atoms with Crippen molar-refractivity contribution in [1.82, 2.24) is 9.88 Å². The largest absolute Gasteiger partial charge is 0.458 e. The fraction of sp³-hybridized carbons (Fsp3) is 0.111. The molecule has 0 aliphatic carbocycles. The van der Waals surface area contributed by atoms with Crippen molar-refractivity contribution in [2.75, 3.05) is 6.54 Å². The lowest BCUT2D eigenvalue weighted by Gasteiger charge is -2.12. The molecule has 4 rings (SSSR count). The van der Waals surface area contributed by atoms with E-state index in [-0.39, 0.29) is 6.61 Å². The van der Waals surface area contributed by atoms with Crippen LogP contribution in [0.1, 0.15) is 26.4 Å². The van der Waals surface area contributed by atoms with E-state index < -0.39 is 24.3 Å².